The zero-order valence-electron chi connectivity index (χ0n) is 8.86. The van der Waals surface area contributed by atoms with Gasteiger partial charge in [0.15, 0.2) is 0 Å². The predicted octanol–water partition coefficient (Wildman–Crippen LogP) is 1.85. The van der Waals surface area contributed by atoms with Gasteiger partial charge in [0.2, 0.25) is 10.0 Å². The number of nitrogens with one attached hydrogen (secondary N) is 1. The van der Waals surface area contributed by atoms with Gasteiger partial charge < -0.3 is 0 Å². The Morgan fingerprint density at radius 2 is 2.06 bits per heavy atom. The zero-order valence-corrected chi connectivity index (χ0v) is 9.68. The maximum absolute atomic E-state index is 13.0. The fourth-order valence-corrected chi connectivity index (χ4v) is 1.65. The average molecular weight is 242 g/mol. The van der Waals surface area contributed by atoms with Crippen molar-refractivity contribution >= 4 is 15.7 Å². The Morgan fingerprint density at radius 1 is 1.44 bits per heavy atom. The van der Waals surface area contributed by atoms with E-state index in [0.717, 1.165) is 12.1 Å². The summed E-state index contributed by atoms with van der Waals surface area (Å²) in [5.74, 6) is -0.671. The fourth-order valence-electron chi connectivity index (χ4n) is 0.957. The van der Waals surface area contributed by atoms with Gasteiger partial charge in [0.25, 0.3) is 0 Å². The molecule has 0 bridgehead atoms. The minimum absolute atomic E-state index is 0.187. The van der Waals surface area contributed by atoms with Crippen molar-refractivity contribution in [2.45, 2.75) is 19.1 Å². The molecule has 6 heteroatoms. The van der Waals surface area contributed by atoms with Gasteiger partial charge in [-0.25, -0.2) is 12.8 Å². The monoisotopic (exact) mass is 242 g/mol. The van der Waals surface area contributed by atoms with E-state index in [2.05, 4.69) is 4.72 Å². The maximum Gasteiger partial charge on any atom is 0.235 e. The summed E-state index contributed by atoms with van der Waals surface area (Å²) in [5, 5.41) is 7.99. The summed E-state index contributed by atoms with van der Waals surface area (Å²) in [6.45, 7) is 3.05. The van der Waals surface area contributed by atoms with Crippen LogP contribution in [0.1, 0.15) is 19.4 Å². The van der Waals surface area contributed by atoms with Crippen molar-refractivity contribution in [3.05, 3.63) is 29.6 Å². The lowest BCUT2D eigenvalue weighted by Gasteiger charge is -2.10. The molecule has 0 aliphatic rings. The molecule has 0 atom stereocenters. The predicted molar refractivity (Wildman–Crippen MR) is 58.8 cm³/mol. The highest BCUT2D eigenvalue weighted by Gasteiger charge is 2.16. The molecule has 0 aliphatic heterocycles. The van der Waals surface area contributed by atoms with Crippen LogP contribution in [0, 0.1) is 17.1 Å². The molecule has 0 radical (unpaired) electrons. The first-order valence-electron chi connectivity index (χ1n) is 4.58. The fraction of sp³-hybridized carbons (Fsp3) is 0.300. The van der Waals surface area contributed by atoms with Gasteiger partial charge in [-0.3, -0.25) is 4.72 Å². The molecule has 16 heavy (non-hydrogen) atoms. The number of rotatable bonds is 3. The zero-order chi connectivity index (χ0) is 12.3. The molecule has 0 saturated heterocycles. The van der Waals surface area contributed by atoms with Crippen molar-refractivity contribution in [1.29, 1.82) is 5.26 Å². The molecule has 0 heterocycles. The van der Waals surface area contributed by atoms with E-state index in [9.17, 15) is 12.8 Å². The van der Waals surface area contributed by atoms with Crippen molar-refractivity contribution in [1.82, 2.24) is 0 Å². The van der Waals surface area contributed by atoms with Gasteiger partial charge in [0.1, 0.15) is 11.9 Å². The number of benzene rings is 1. The van der Waals surface area contributed by atoms with E-state index in [1.807, 2.05) is 0 Å². The third kappa shape index (κ3) is 2.70. The highest BCUT2D eigenvalue weighted by molar-refractivity contribution is 7.93. The molecular weight excluding hydrogens is 231 g/mol. The molecule has 1 rings (SSSR count). The number of sulfonamides is 1. The molecule has 1 N–H and O–H groups in total. The van der Waals surface area contributed by atoms with Gasteiger partial charge >= 0.3 is 0 Å². The third-order valence-corrected chi connectivity index (χ3v) is 3.73. The van der Waals surface area contributed by atoms with Gasteiger partial charge in [0.05, 0.1) is 10.8 Å². The van der Waals surface area contributed by atoms with E-state index in [0.29, 0.717) is 0 Å². The van der Waals surface area contributed by atoms with E-state index in [4.69, 9.17) is 5.26 Å². The van der Waals surface area contributed by atoms with Crippen molar-refractivity contribution in [3.63, 3.8) is 0 Å². The van der Waals surface area contributed by atoms with E-state index in [1.54, 1.807) is 6.07 Å². The van der Waals surface area contributed by atoms with Crippen molar-refractivity contribution in [2.75, 3.05) is 4.72 Å². The second-order valence-electron chi connectivity index (χ2n) is 3.50. The molecule has 0 amide bonds. The summed E-state index contributed by atoms with van der Waals surface area (Å²) in [6, 6.07) is 5.13. The van der Waals surface area contributed by atoms with Crippen LogP contribution in [0.4, 0.5) is 10.1 Å². The molecule has 0 spiro atoms. The summed E-state index contributed by atoms with van der Waals surface area (Å²) in [6.07, 6.45) is 0. The van der Waals surface area contributed by atoms with E-state index < -0.39 is 21.1 Å². The van der Waals surface area contributed by atoms with Crippen LogP contribution in [-0.2, 0) is 10.0 Å². The topological polar surface area (TPSA) is 70.0 Å². The first-order valence-corrected chi connectivity index (χ1v) is 6.12. The Balaban J connectivity index is 3.06. The summed E-state index contributed by atoms with van der Waals surface area (Å²) >= 11 is 0. The number of hydrogen-bond acceptors (Lipinski definition) is 3. The Kier molecular flexibility index (Phi) is 3.50. The van der Waals surface area contributed by atoms with E-state index >= 15 is 0 Å². The lowest BCUT2D eigenvalue weighted by molar-refractivity contribution is 0.592. The number of hydrogen-bond donors (Lipinski definition) is 1. The second kappa shape index (κ2) is 4.49. The SMILES string of the molecule is CC(C)S(=O)(=O)Nc1ccc(F)c(C#N)c1. The van der Waals surface area contributed by atoms with Crippen LogP contribution in [0.2, 0.25) is 0 Å². The normalized spacial score (nSPS) is 11.2. The van der Waals surface area contributed by atoms with Crippen LogP contribution in [0.25, 0.3) is 0 Å². The minimum atomic E-state index is -3.47. The van der Waals surface area contributed by atoms with Gasteiger partial charge in [-0.05, 0) is 32.0 Å². The second-order valence-corrected chi connectivity index (χ2v) is 5.74. The summed E-state index contributed by atoms with van der Waals surface area (Å²) in [5.41, 5.74) is -0.00407. The summed E-state index contributed by atoms with van der Waals surface area (Å²) < 4.78 is 38.2. The summed E-state index contributed by atoms with van der Waals surface area (Å²) in [4.78, 5) is 0. The van der Waals surface area contributed by atoms with Crippen LogP contribution >= 0.6 is 0 Å². The molecule has 0 aromatic heterocycles. The Morgan fingerprint density at radius 3 is 2.56 bits per heavy atom. The molecule has 0 saturated carbocycles. The quantitative estimate of drug-likeness (QED) is 0.879. The molecule has 1 aromatic rings. The third-order valence-electron chi connectivity index (χ3n) is 1.97. The molecular formula is C10H11FN2O2S. The van der Waals surface area contributed by atoms with Crippen LogP contribution < -0.4 is 4.72 Å². The molecule has 0 fully saturated rings. The van der Waals surface area contributed by atoms with Crippen molar-refractivity contribution < 1.29 is 12.8 Å². The number of nitrogens with zero attached hydrogens (tertiary/aromatic N) is 1. The number of nitriles is 1. The largest absolute Gasteiger partial charge is 0.283 e. The first-order chi connectivity index (χ1) is 7.36. The highest BCUT2D eigenvalue weighted by Crippen LogP contribution is 2.16. The molecule has 0 aliphatic carbocycles. The van der Waals surface area contributed by atoms with Gasteiger partial charge in [-0.15, -0.1) is 0 Å². The standard InChI is InChI=1S/C10H11FN2O2S/c1-7(2)16(14,15)13-9-3-4-10(11)8(5-9)6-12/h3-5,7,13H,1-2H3. The Hall–Kier alpha value is -1.61. The van der Waals surface area contributed by atoms with Crippen LogP contribution in [-0.4, -0.2) is 13.7 Å². The lowest BCUT2D eigenvalue weighted by atomic mass is 10.2. The molecule has 0 unspecified atom stereocenters. The average Bonchev–Trinajstić information content (AvgIpc) is 2.20. The smallest absolute Gasteiger partial charge is 0.235 e. The Labute approximate surface area is 93.8 Å². The van der Waals surface area contributed by atoms with E-state index in [1.165, 1.54) is 19.9 Å². The van der Waals surface area contributed by atoms with Gasteiger partial charge in [0, 0.05) is 5.69 Å². The number of halogens is 1. The number of anilines is 1. The Bertz CT molecular complexity index is 532. The van der Waals surface area contributed by atoms with Gasteiger partial charge in [-0.2, -0.15) is 5.26 Å². The maximum atomic E-state index is 13.0. The van der Waals surface area contributed by atoms with Crippen molar-refractivity contribution in [2.24, 2.45) is 0 Å². The lowest BCUT2D eigenvalue weighted by Crippen LogP contribution is -2.22. The minimum Gasteiger partial charge on any atom is -0.283 e. The van der Waals surface area contributed by atoms with Crippen molar-refractivity contribution in [3.8, 4) is 6.07 Å². The molecule has 1 aromatic carbocycles. The highest BCUT2D eigenvalue weighted by atomic mass is 32.2. The molecule has 4 nitrogen and oxygen atoms in total. The van der Waals surface area contributed by atoms with Crippen LogP contribution in [0.3, 0.4) is 0 Å². The molecule has 86 valence electrons. The summed E-state index contributed by atoms with van der Waals surface area (Å²) in [7, 11) is -3.47. The first kappa shape index (κ1) is 12.5. The van der Waals surface area contributed by atoms with Gasteiger partial charge in [-0.1, -0.05) is 0 Å². The van der Waals surface area contributed by atoms with Crippen LogP contribution in [0.15, 0.2) is 18.2 Å². The van der Waals surface area contributed by atoms with E-state index in [-0.39, 0.29) is 11.3 Å². The van der Waals surface area contributed by atoms with Crippen LogP contribution in [0.5, 0.6) is 0 Å².